The molecule has 0 saturated heterocycles. The Labute approximate surface area is 127 Å². The second-order valence-electron chi connectivity index (χ2n) is 5.00. The molecule has 0 amide bonds. The number of hydrogen-bond acceptors (Lipinski definition) is 5. The van der Waals surface area contributed by atoms with Crippen LogP contribution >= 0.6 is 11.6 Å². The molecule has 0 unspecified atom stereocenters. The van der Waals surface area contributed by atoms with Crippen molar-refractivity contribution in [1.29, 1.82) is 0 Å². The maximum atomic E-state index is 12.6. The van der Waals surface area contributed by atoms with Crippen molar-refractivity contribution in [1.82, 2.24) is 5.16 Å². The van der Waals surface area contributed by atoms with Gasteiger partial charge in [0.05, 0.1) is 16.7 Å². The van der Waals surface area contributed by atoms with Gasteiger partial charge in [0.15, 0.2) is 15.6 Å². The molecular formula is C14H14ClNO4S. The summed E-state index contributed by atoms with van der Waals surface area (Å²) in [6.45, 7) is 3.72. The molecule has 0 fully saturated rings. The summed E-state index contributed by atoms with van der Waals surface area (Å²) >= 11 is 5.83. The van der Waals surface area contributed by atoms with Gasteiger partial charge in [-0.3, -0.25) is 4.79 Å². The van der Waals surface area contributed by atoms with Crippen LogP contribution in [-0.4, -0.2) is 25.6 Å². The largest absolute Gasteiger partial charge is 0.360 e. The van der Waals surface area contributed by atoms with Crippen molar-refractivity contribution in [3.8, 4) is 0 Å². The van der Waals surface area contributed by atoms with Crippen molar-refractivity contribution >= 4 is 27.2 Å². The van der Waals surface area contributed by atoms with Gasteiger partial charge in [0.2, 0.25) is 0 Å². The lowest BCUT2D eigenvalue weighted by Crippen LogP contribution is -2.10. The molecule has 2 aromatic rings. The maximum Gasteiger partial charge on any atom is 0.199 e. The van der Waals surface area contributed by atoms with E-state index >= 15 is 0 Å². The van der Waals surface area contributed by atoms with Crippen molar-refractivity contribution in [3.05, 3.63) is 46.3 Å². The lowest BCUT2D eigenvalue weighted by Gasteiger charge is -2.08. The number of nitrogens with zero attached hydrogens (tertiary/aromatic N) is 1. The predicted molar refractivity (Wildman–Crippen MR) is 78.6 cm³/mol. The number of halogens is 1. The van der Waals surface area contributed by atoms with Crippen molar-refractivity contribution in [2.75, 3.05) is 6.26 Å². The van der Waals surface area contributed by atoms with E-state index in [1.165, 1.54) is 24.4 Å². The highest BCUT2D eigenvalue weighted by molar-refractivity contribution is 7.90. The zero-order valence-corrected chi connectivity index (χ0v) is 13.3. The van der Waals surface area contributed by atoms with Crippen LogP contribution in [0, 0.1) is 0 Å². The molecule has 0 saturated carbocycles. The first-order valence-corrected chi connectivity index (χ1v) is 8.47. The number of rotatable bonds is 4. The van der Waals surface area contributed by atoms with Crippen LogP contribution in [0.1, 0.15) is 41.4 Å². The van der Waals surface area contributed by atoms with Crippen LogP contribution in [-0.2, 0) is 9.84 Å². The van der Waals surface area contributed by atoms with Crippen molar-refractivity contribution in [3.63, 3.8) is 0 Å². The molecule has 7 heteroatoms. The number of carbonyl (C=O) groups excluding carboxylic acids is 1. The molecule has 1 heterocycles. The maximum absolute atomic E-state index is 12.6. The fraction of sp³-hybridized carbons (Fsp3) is 0.286. The van der Waals surface area contributed by atoms with E-state index in [1.807, 2.05) is 13.8 Å². The lowest BCUT2D eigenvalue weighted by molar-refractivity contribution is 0.103. The lowest BCUT2D eigenvalue weighted by atomic mass is 10.00. The molecule has 0 aliphatic carbocycles. The van der Waals surface area contributed by atoms with Gasteiger partial charge in [0.1, 0.15) is 5.76 Å². The zero-order chi connectivity index (χ0) is 15.8. The zero-order valence-electron chi connectivity index (χ0n) is 11.8. The third kappa shape index (κ3) is 3.16. The van der Waals surface area contributed by atoms with E-state index < -0.39 is 15.6 Å². The summed E-state index contributed by atoms with van der Waals surface area (Å²) in [4.78, 5) is 12.5. The van der Waals surface area contributed by atoms with E-state index in [-0.39, 0.29) is 27.0 Å². The Bertz CT molecular complexity index is 793. The summed E-state index contributed by atoms with van der Waals surface area (Å²) < 4.78 is 28.8. The minimum Gasteiger partial charge on any atom is -0.360 e. The van der Waals surface area contributed by atoms with E-state index in [9.17, 15) is 13.2 Å². The standard InChI is InChI=1S/C14H14ClNO4S/c1-8(2)14-11(7-16-20-14)13(17)10-5-4-9(15)6-12(10)21(3,18)19/h4-8H,1-3H3. The van der Waals surface area contributed by atoms with Gasteiger partial charge in [-0.05, 0) is 18.2 Å². The summed E-state index contributed by atoms with van der Waals surface area (Å²) in [5.41, 5.74) is 0.323. The third-order valence-electron chi connectivity index (χ3n) is 2.96. The molecule has 0 radical (unpaired) electrons. The minimum absolute atomic E-state index is 0.0413. The van der Waals surface area contributed by atoms with Gasteiger partial charge >= 0.3 is 0 Å². The normalized spacial score (nSPS) is 11.9. The van der Waals surface area contributed by atoms with Crippen LogP contribution in [0.15, 0.2) is 33.8 Å². The van der Waals surface area contributed by atoms with E-state index in [4.69, 9.17) is 16.1 Å². The van der Waals surface area contributed by atoms with Crippen LogP contribution in [0.5, 0.6) is 0 Å². The van der Waals surface area contributed by atoms with Gasteiger partial charge in [-0.25, -0.2) is 8.42 Å². The fourth-order valence-electron chi connectivity index (χ4n) is 1.97. The molecule has 1 aromatic heterocycles. The average molecular weight is 328 g/mol. The summed E-state index contributed by atoms with van der Waals surface area (Å²) in [5.74, 6) is -0.0631. The molecule has 0 atom stereocenters. The molecule has 0 N–H and O–H groups in total. The summed E-state index contributed by atoms with van der Waals surface area (Å²) in [7, 11) is -3.58. The highest BCUT2D eigenvalue weighted by atomic mass is 35.5. The molecule has 1 aromatic carbocycles. The minimum atomic E-state index is -3.58. The van der Waals surface area contributed by atoms with Crippen LogP contribution in [0.25, 0.3) is 0 Å². The average Bonchev–Trinajstić information content (AvgIpc) is 2.86. The van der Waals surface area contributed by atoms with Crippen LogP contribution in [0.4, 0.5) is 0 Å². The summed E-state index contributed by atoms with van der Waals surface area (Å²) in [6.07, 6.45) is 2.34. The first-order chi connectivity index (χ1) is 9.71. The number of ketones is 1. The van der Waals surface area contributed by atoms with Gasteiger partial charge in [-0.15, -0.1) is 0 Å². The third-order valence-corrected chi connectivity index (χ3v) is 4.33. The van der Waals surface area contributed by atoms with Gasteiger partial charge < -0.3 is 4.52 Å². The first kappa shape index (κ1) is 15.7. The molecule has 112 valence electrons. The van der Waals surface area contributed by atoms with Crippen LogP contribution in [0.3, 0.4) is 0 Å². The molecular weight excluding hydrogens is 314 g/mol. The van der Waals surface area contributed by atoms with Gasteiger partial charge in [-0.2, -0.15) is 0 Å². The highest BCUT2D eigenvalue weighted by Crippen LogP contribution is 2.26. The van der Waals surface area contributed by atoms with Crippen LogP contribution in [0.2, 0.25) is 5.02 Å². The molecule has 0 spiro atoms. The Morgan fingerprint density at radius 3 is 2.52 bits per heavy atom. The molecule has 0 aliphatic rings. The predicted octanol–water partition coefficient (Wildman–Crippen LogP) is 3.09. The Balaban J connectivity index is 2.62. The highest BCUT2D eigenvalue weighted by Gasteiger charge is 2.25. The SMILES string of the molecule is CC(C)c1oncc1C(=O)c1ccc(Cl)cc1S(C)(=O)=O. The first-order valence-electron chi connectivity index (χ1n) is 6.20. The second-order valence-corrected chi connectivity index (χ2v) is 7.42. The second kappa shape index (κ2) is 5.61. The van der Waals surface area contributed by atoms with Gasteiger partial charge in [-0.1, -0.05) is 30.6 Å². The molecule has 0 aliphatic heterocycles. The molecule has 21 heavy (non-hydrogen) atoms. The monoisotopic (exact) mass is 327 g/mol. The summed E-state index contributed by atoms with van der Waals surface area (Å²) in [5, 5.41) is 3.88. The van der Waals surface area contributed by atoms with E-state index in [0.29, 0.717) is 5.76 Å². The van der Waals surface area contributed by atoms with E-state index in [0.717, 1.165) is 6.26 Å². The fourth-order valence-corrected chi connectivity index (χ4v) is 3.11. The van der Waals surface area contributed by atoms with E-state index in [2.05, 4.69) is 5.16 Å². The van der Waals surface area contributed by atoms with Gasteiger partial charge in [0.25, 0.3) is 0 Å². The smallest absolute Gasteiger partial charge is 0.199 e. The van der Waals surface area contributed by atoms with Crippen molar-refractivity contribution < 1.29 is 17.7 Å². The quantitative estimate of drug-likeness (QED) is 0.806. The number of sulfone groups is 1. The topological polar surface area (TPSA) is 77.2 Å². The Kier molecular flexibility index (Phi) is 4.20. The van der Waals surface area contributed by atoms with Crippen molar-refractivity contribution in [2.24, 2.45) is 0 Å². The number of carbonyl (C=O) groups is 1. The summed E-state index contributed by atoms with van der Waals surface area (Å²) in [6, 6.07) is 4.15. The Morgan fingerprint density at radius 2 is 1.95 bits per heavy atom. The number of hydrogen-bond donors (Lipinski definition) is 0. The van der Waals surface area contributed by atoms with Gasteiger partial charge in [0, 0.05) is 22.8 Å². The Hall–Kier alpha value is -1.66. The molecule has 5 nitrogen and oxygen atoms in total. The number of benzene rings is 1. The molecule has 0 bridgehead atoms. The van der Waals surface area contributed by atoms with Crippen molar-refractivity contribution in [2.45, 2.75) is 24.7 Å². The number of aromatic nitrogens is 1. The Morgan fingerprint density at radius 1 is 1.29 bits per heavy atom. The van der Waals surface area contributed by atoms with E-state index in [1.54, 1.807) is 0 Å². The van der Waals surface area contributed by atoms with Crippen LogP contribution < -0.4 is 0 Å². The molecule has 2 rings (SSSR count).